The smallest absolute Gasteiger partial charge is 0.133 e. The van der Waals surface area contributed by atoms with E-state index in [1.807, 2.05) is 6.92 Å². The number of aliphatic hydroxyl groups is 3. The normalized spacial score (nSPS) is 58.8. The van der Waals surface area contributed by atoms with Crippen LogP contribution in [0.4, 0.5) is 0 Å². The van der Waals surface area contributed by atoms with Crippen LogP contribution in [0.5, 0.6) is 0 Å². The number of ketones is 1. The van der Waals surface area contributed by atoms with Crippen molar-refractivity contribution in [2.45, 2.75) is 162 Å². The van der Waals surface area contributed by atoms with Gasteiger partial charge in [-0.3, -0.25) is 4.79 Å². The Morgan fingerprint density at radius 2 is 1.02 bits per heavy atom. The predicted octanol–water partition coefficient (Wildman–Crippen LogP) is 9.62. The Hall–Kier alpha value is -0.0200. The van der Waals surface area contributed by atoms with Gasteiger partial charge in [-0.2, -0.15) is 0 Å². The van der Waals surface area contributed by atoms with Crippen LogP contribution in [-0.4, -0.2) is 51.7 Å². The first-order chi connectivity index (χ1) is 24.0. The van der Waals surface area contributed by atoms with Crippen LogP contribution in [0.3, 0.4) is 0 Å². The Bertz CT molecular complexity index is 1310. The first kappa shape index (κ1) is 37.9. The SMILES string of the molecule is CC(=O)[C@H]1[C@H]2C[C@H]2[C@H]2[C@@H]3CC[C@@H]4C[C@](C)(O)CC[C@@H]4[C@H]3CC[C@@]21C.CC(O)C1[C@H]2C[C@H]2[C@H]2[C@@H]3CC[C@@H]4C[C@](C)(O)CC[C@@H]4[C@H]3CC[C@]12C.CPC. The van der Waals surface area contributed by atoms with Gasteiger partial charge in [-0.25, -0.2) is 0 Å². The highest BCUT2D eigenvalue weighted by Gasteiger charge is 2.71. The fourth-order valence-corrected chi connectivity index (χ4v) is 17.8. The fourth-order valence-electron chi connectivity index (χ4n) is 17.8. The van der Waals surface area contributed by atoms with E-state index in [4.69, 9.17) is 0 Å². The van der Waals surface area contributed by atoms with Crippen LogP contribution >= 0.6 is 8.58 Å². The molecule has 0 aromatic rings. The molecule has 2 unspecified atom stereocenters. The molecule has 10 fully saturated rings. The van der Waals surface area contributed by atoms with Crippen molar-refractivity contribution in [2.24, 2.45) is 106 Å². The van der Waals surface area contributed by atoms with Crippen molar-refractivity contribution in [1.29, 1.82) is 0 Å². The predicted molar refractivity (Wildman–Crippen MR) is 210 cm³/mol. The molecule has 10 aliphatic rings. The van der Waals surface area contributed by atoms with Crippen LogP contribution < -0.4 is 0 Å². The lowest BCUT2D eigenvalue weighted by atomic mass is 9.47. The van der Waals surface area contributed by atoms with Gasteiger partial charge in [0.1, 0.15) is 5.78 Å². The van der Waals surface area contributed by atoms with Gasteiger partial charge in [0.25, 0.3) is 0 Å². The summed E-state index contributed by atoms with van der Waals surface area (Å²) in [6.45, 7) is 17.3. The van der Waals surface area contributed by atoms with Crippen molar-refractivity contribution in [2.75, 3.05) is 13.3 Å². The highest BCUT2D eigenvalue weighted by Crippen LogP contribution is 2.76. The number of hydrogen-bond acceptors (Lipinski definition) is 4. The number of Topliss-reactive ketones (excluding diaryl/α,β-unsaturated/α-hetero) is 1. The maximum Gasteiger partial charge on any atom is 0.133 e. The molecule has 4 nitrogen and oxygen atoms in total. The van der Waals surface area contributed by atoms with Gasteiger partial charge in [0.2, 0.25) is 0 Å². The summed E-state index contributed by atoms with van der Waals surface area (Å²) in [4.78, 5) is 12.4. The van der Waals surface area contributed by atoms with Crippen molar-refractivity contribution >= 4 is 14.4 Å². The third-order valence-electron chi connectivity index (χ3n) is 19.1. The lowest BCUT2D eigenvalue weighted by Gasteiger charge is -2.58. The Labute approximate surface area is 314 Å². The number of aliphatic hydroxyl groups excluding tert-OH is 1. The quantitative estimate of drug-likeness (QED) is 0.248. The minimum atomic E-state index is -0.411. The van der Waals surface area contributed by atoms with E-state index < -0.39 is 11.2 Å². The molecule has 0 heterocycles. The molecule has 290 valence electrons. The average molecular weight is 725 g/mol. The van der Waals surface area contributed by atoms with Crippen LogP contribution in [0.15, 0.2) is 0 Å². The van der Waals surface area contributed by atoms with E-state index >= 15 is 0 Å². The summed E-state index contributed by atoms with van der Waals surface area (Å²) in [5.41, 5.74) is -0.0844. The lowest BCUT2D eigenvalue weighted by Crippen LogP contribution is -2.52. The molecular formula is C46H77O4P. The van der Waals surface area contributed by atoms with Crippen molar-refractivity contribution < 1.29 is 20.1 Å². The molecular weight excluding hydrogens is 647 g/mol. The van der Waals surface area contributed by atoms with Crippen LogP contribution in [-0.2, 0) is 4.79 Å². The van der Waals surface area contributed by atoms with Crippen molar-refractivity contribution in [3.8, 4) is 0 Å². The fraction of sp³-hybridized carbons (Fsp3) is 0.978. The third kappa shape index (κ3) is 6.22. The first-order valence-electron chi connectivity index (χ1n) is 22.3. The van der Waals surface area contributed by atoms with Crippen molar-refractivity contribution in [1.82, 2.24) is 0 Å². The van der Waals surface area contributed by atoms with E-state index in [2.05, 4.69) is 47.9 Å². The minimum absolute atomic E-state index is 0.118. The first-order valence-corrected chi connectivity index (χ1v) is 24.3. The van der Waals surface area contributed by atoms with Gasteiger partial charge in [-0.05, 0) is 243 Å². The maximum atomic E-state index is 12.4. The summed E-state index contributed by atoms with van der Waals surface area (Å²) < 4.78 is 0. The largest absolute Gasteiger partial charge is 0.393 e. The maximum absolute atomic E-state index is 12.4. The molecule has 21 atom stereocenters. The van der Waals surface area contributed by atoms with E-state index in [0.29, 0.717) is 28.4 Å². The van der Waals surface area contributed by atoms with Crippen LogP contribution in [0, 0.1) is 106 Å². The van der Waals surface area contributed by atoms with E-state index in [9.17, 15) is 20.1 Å². The highest BCUT2D eigenvalue weighted by molar-refractivity contribution is 7.35. The summed E-state index contributed by atoms with van der Waals surface area (Å²) in [5.74, 6) is 13.4. The highest BCUT2D eigenvalue weighted by atomic mass is 31.1. The zero-order chi connectivity index (χ0) is 36.4. The Balaban J connectivity index is 0.000000136. The molecule has 5 heteroatoms. The van der Waals surface area contributed by atoms with E-state index in [1.54, 1.807) is 0 Å². The number of carbonyl (C=O) groups excluding carboxylic acids is 1. The summed E-state index contributed by atoms with van der Waals surface area (Å²) in [6.07, 6.45) is 20.1. The van der Waals surface area contributed by atoms with E-state index in [1.165, 1.54) is 77.0 Å². The molecule has 0 aromatic heterocycles. The molecule has 0 spiro atoms. The van der Waals surface area contributed by atoms with Crippen molar-refractivity contribution in [3.63, 3.8) is 0 Å². The van der Waals surface area contributed by atoms with Gasteiger partial charge in [-0.15, -0.1) is 8.58 Å². The molecule has 0 aromatic carbocycles. The summed E-state index contributed by atoms with van der Waals surface area (Å²) in [6, 6.07) is 0. The second-order valence-electron chi connectivity index (χ2n) is 22.3. The number of carbonyl (C=O) groups is 1. The third-order valence-corrected chi connectivity index (χ3v) is 19.1. The van der Waals surface area contributed by atoms with E-state index in [0.717, 1.165) is 117 Å². The van der Waals surface area contributed by atoms with Crippen LogP contribution in [0.2, 0.25) is 0 Å². The van der Waals surface area contributed by atoms with Gasteiger partial charge < -0.3 is 15.3 Å². The number of hydrogen-bond donors (Lipinski definition) is 3. The van der Waals surface area contributed by atoms with Gasteiger partial charge in [-0.1, -0.05) is 13.8 Å². The Morgan fingerprint density at radius 1 is 0.588 bits per heavy atom. The summed E-state index contributed by atoms with van der Waals surface area (Å²) in [7, 11) is 1.08. The summed E-state index contributed by atoms with van der Waals surface area (Å²) >= 11 is 0. The lowest BCUT2D eigenvalue weighted by molar-refractivity contribution is -0.134. The zero-order valence-electron chi connectivity index (χ0n) is 33.9. The van der Waals surface area contributed by atoms with Gasteiger partial charge in [0, 0.05) is 5.92 Å². The molecule has 0 aliphatic heterocycles. The molecule has 0 amide bonds. The molecule has 10 rings (SSSR count). The molecule has 10 aliphatic carbocycles. The zero-order valence-corrected chi connectivity index (χ0v) is 34.9. The Morgan fingerprint density at radius 3 is 1.51 bits per heavy atom. The second kappa shape index (κ2) is 13.3. The summed E-state index contributed by atoms with van der Waals surface area (Å²) in [5, 5.41) is 31.5. The average Bonchev–Trinajstić information content (AvgIpc) is 3.95. The topological polar surface area (TPSA) is 77.8 Å². The Kier molecular flexibility index (Phi) is 9.87. The number of fused-ring (bicyclic) bond motifs is 14. The monoisotopic (exact) mass is 725 g/mol. The second-order valence-corrected chi connectivity index (χ2v) is 23.3. The number of rotatable bonds is 2. The molecule has 0 saturated heterocycles. The molecule has 51 heavy (non-hydrogen) atoms. The van der Waals surface area contributed by atoms with Crippen LogP contribution in [0.1, 0.15) is 144 Å². The van der Waals surface area contributed by atoms with Crippen molar-refractivity contribution in [3.05, 3.63) is 0 Å². The van der Waals surface area contributed by atoms with Gasteiger partial charge >= 0.3 is 0 Å². The van der Waals surface area contributed by atoms with E-state index in [-0.39, 0.29) is 6.10 Å². The molecule has 0 bridgehead atoms. The molecule has 3 N–H and O–H groups in total. The standard InChI is InChI=1S/C22H36O2.C22H34O2.C2H7P/c2*1-12(23)19-17-10-18(17)20-16-5-4-13-11-21(2,24)8-6-14(13)15(16)7-9-22(19,20)3;1-3-2/h12-20,23-24H,4-11H2,1-3H3;13-20,24H,4-11H2,1-3H3;3H,1-2H3/t12?,13-,14+,15-,16-,17+,18-,19?,20-,21-,22-;13-,14+,15-,16-,17+,18-,19+,20-,21-,22-;/m11./s1. The van der Waals surface area contributed by atoms with Gasteiger partial charge in [0.15, 0.2) is 0 Å². The van der Waals surface area contributed by atoms with Crippen LogP contribution in [0.25, 0.3) is 0 Å². The molecule has 10 saturated carbocycles. The minimum Gasteiger partial charge on any atom is -0.393 e. The van der Waals surface area contributed by atoms with Gasteiger partial charge in [0.05, 0.1) is 17.3 Å². The molecule has 0 radical (unpaired) electrons.